The summed E-state index contributed by atoms with van der Waals surface area (Å²) in [5, 5.41) is 8.20. The van der Waals surface area contributed by atoms with Gasteiger partial charge in [0.1, 0.15) is 24.5 Å². The zero-order valence-electron chi connectivity index (χ0n) is 23.6. The molecule has 0 radical (unpaired) electrons. The number of nitrogens with zero attached hydrogens (tertiary/aromatic N) is 5. The molecule has 0 saturated carbocycles. The Kier molecular flexibility index (Phi) is 8.09. The van der Waals surface area contributed by atoms with Crippen LogP contribution in [0.3, 0.4) is 0 Å². The van der Waals surface area contributed by atoms with E-state index in [9.17, 15) is 4.57 Å². The number of fused-ring (bicyclic) bond motifs is 3. The highest BCUT2D eigenvalue weighted by molar-refractivity contribution is 7.70. The number of para-hydroxylation sites is 1. The first-order valence-electron chi connectivity index (χ1n) is 14.0. The van der Waals surface area contributed by atoms with Gasteiger partial charge in [-0.25, -0.2) is 4.98 Å². The molecular formula is C29H36Cl2N7O2P. The van der Waals surface area contributed by atoms with Gasteiger partial charge in [-0.05, 0) is 64.5 Å². The van der Waals surface area contributed by atoms with Crippen molar-refractivity contribution in [3.05, 3.63) is 52.6 Å². The van der Waals surface area contributed by atoms with Crippen LogP contribution >= 0.6 is 30.3 Å². The fraction of sp³-hybridized carbons (Fsp3) is 0.448. The molecule has 41 heavy (non-hydrogen) atoms. The molecule has 0 amide bonds. The maximum atomic E-state index is 12.8. The lowest BCUT2D eigenvalue weighted by atomic mass is 10.00. The van der Waals surface area contributed by atoms with E-state index in [1.165, 1.54) is 19.0 Å². The minimum Gasteiger partial charge on any atom is -0.489 e. The Labute approximate surface area is 251 Å². The largest absolute Gasteiger partial charge is 0.489 e. The van der Waals surface area contributed by atoms with Gasteiger partial charge in [0.15, 0.2) is 5.82 Å². The van der Waals surface area contributed by atoms with E-state index in [-0.39, 0.29) is 6.04 Å². The maximum Gasteiger partial charge on any atom is 0.229 e. The third kappa shape index (κ3) is 6.15. The van der Waals surface area contributed by atoms with E-state index >= 15 is 0 Å². The van der Waals surface area contributed by atoms with Crippen molar-refractivity contribution >= 4 is 64.5 Å². The average molecular weight is 617 g/mol. The van der Waals surface area contributed by atoms with Crippen LogP contribution in [0.15, 0.2) is 42.6 Å². The van der Waals surface area contributed by atoms with Crippen LogP contribution in [0.2, 0.25) is 10.0 Å². The molecule has 3 aliphatic heterocycles. The van der Waals surface area contributed by atoms with Crippen molar-refractivity contribution < 1.29 is 9.30 Å². The van der Waals surface area contributed by atoms with Crippen LogP contribution in [0.25, 0.3) is 0 Å². The number of ether oxygens (including phenoxy) is 1. The molecule has 0 aliphatic carbocycles. The van der Waals surface area contributed by atoms with E-state index in [1.54, 1.807) is 13.3 Å². The minimum absolute atomic E-state index is 0.282. The van der Waals surface area contributed by atoms with Crippen molar-refractivity contribution in [3.8, 4) is 5.75 Å². The van der Waals surface area contributed by atoms with Crippen LogP contribution in [0, 0.1) is 0 Å². The Hall–Kier alpha value is -2.55. The van der Waals surface area contributed by atoms with Crippen LogP contribution in [0.4, 0.5) is 28.8 Å². The second-order valence-corrected chi connectivity index (χ2v) is 15.5. The lowest BCUT2D eigenvalue weighted by Gasteiger charge is -2.49. The fourth-order valence-corrected chi connectivity index (χ4v) is 7.66. The van der Waals surface area contributed by atoms with E-state index in [1.807, 2.05) is 36.4 Å². The van der Waals surface area contributed by atoms with E-state index in [4.69, 9.17) is 27.9 Å². The number of halogens is 2. The molecule has 2 N–H and O–H groups in total. The summed E-state index contributed by atoms with van der Waals surface area (Å²) in [5.41, 5.74) is 2.37. The number of benzene rings is 2. The van der Waals surface area contributed by atoms with Gasteiger partial charge in [0.05, 0.1) is 28.6 Å². The normalized spacial score (nSPS) is 20.2. The number of aromatic nitrogens is 2. The predicted octanol–water partition coefficient (Wildman–Crippen LogP) is 5.50. The Morgan fingerprint density at radius 2 is 1.78 bits per heavy atom. The molecule has 0 unspecified atom stereocenters. The molecule has 4 heterocycles. The number of rotatable bonds is 6. The smallest absolute Gasteiger partial charge is 0.229 e. The first kappa shape index (κ1) is 28.6. The van der Waals surface area contributed by atoms with Crippen molar-refractivity contribution in [3.63, 3.8) is 0 Å². The maximum absolute atomic E-state index is 12.8. The van der Waals surface area contributed by atoms with Crippen LogP contribution < -0.4 is 25.6 Å². The van der Waals surface area contributed by atoms with Gasteiger partial charge in [-0.2, -0.15) is 4.98 Å². The number of piperidine rings is 1. The Morgan fingerprint density at radius 3 is 2.56 bits per heavy atom. The molecule has 0 bridgehead atoms. The van der Waals surface area contributed by atoms with Gasteiger partial charge in [0, 0.05) is 42.7 Å². The van der Waals surface area contributed by atoms with E-state index in [0.29, 0.717) is 40.1 Å². The van der Waals surface area contributed by atoms with E-state index in [0.717, 1.165) is 55.2 Å². The molecule has 3 aliphatic rings. The Bertz CT molecular complexity index is 1480. The molecular weight excluding hydrogens is 580 g/mol. The number of piperazine rings is 1. The van der Waals surface area contributed by atoms with E-state index < -0.39 is 7.14 Å². The summed E-state index contributed by atoms with van der Waals surface area (Å²) < 4.78 is 19.1. The molecule has 2 aromatic carbocycles. The monoisotopic (exact) mass is 615 g/mol. The molecule has 0 spiro atoms. The van der Waals surface area contributed by atoms with Gasteiger partial charge in [-0.15, -0.1) is 0 Å². The van der Waals surface area contributed by atoms with E-state index in [2.05, 4.69) is 42.3 Å². The molecule has 2 fully saturated rings. The number of hydrogen-bond acceptors (Lipinski definition) is 9. The van der Waals surface area contributed by atoms with Crippen molar-refractivity contribution in [2.45, 2.75) is 24.9 Å². The van der Waals surface area contributed by atoms with Gasteiger partial charge in [-0.3, -0.25) is 4.90 Å². The predicted molar refractivity (Wildman–Crippen MR) is 169 cm³/mol. The quantitative estimate of drug-likeness (QED) is 0.349. The van der Waals surface area contributed by atoms with Crippen LogP contribution in [-0.4, -0.2) is 91.6 Å². The highest BCUT2D eigenvalue weighted by atomic mass is 35.5. The van der Waals surface area contributed by atoms with Gasteiger partial charge in [0.2, 0.25) is 5.95 Å². The summed E-state index contributed by atoms with van der Waals surface area (Å²) in [6.07, 6.45) is 3.99. The van der Waals surface area contributed by atoms with Crippen molar-refractivity contribution in [1.29, 1.82) is 0 Å². The average Bonchev–Trinajstić information content (AvgIpc) is 2.94. The molecule has 1 atom stereocenters. The van der Waals surface area contributed by atoms with Crippen molar-refractivity contribution in [2.75, 3.05) is 75.2 Å². The number of likely N-dealkylation sites (tertiary alicyclic amines) is 1. The molecule has 3 aromatic rings. The first-order valence-corrected chi connectivity index (χ1v) is 17.4. The highest BCUT2D eigenvalue weighted by Crippen LogP contribution is 2.44. The number of hydrogen-bond donors (Lipinski definition) is 2. The zero-order chi connectivity index (χ0) is 28.7. The number of nitrogens with one attached hydrogen (secondary N) is 2. The lowest BCUT2D eigenvalue weighted by Crippen LogP contribution is -2.60. The van der Waals surface area contributed by atoms with Crippen LogP contribution in [-0.2, 0) is 4.57 Å². The Morgan fingerprint density at radius 1 is 1.00 bits per heavy atom. The second-order valence-electron chi connectivity index (χ2n) is 11.5. The first-order chi connectivity index (χ1) is 19.7. The standard InChI is InChI=1S/C29H36Cl2N7O2P/c1-36-10-8-20(9-11-36)37-12-13-38-21(17-37)18-40-25-15-19(14-22(30)27(25)38)33-29-32-16-23(31)28(35-29)34-24-6-4-5-7-26(24)41(2,3)39/h4-7,14-16,20-21H,8-13,17-18H2,1-3H3,(H2,32,33,34,35)/t21-/m0/s1. The lowest BCUT2D eigenvalue weighted by molar-refractivity contribution is 0.0868. The molecule has 218 valence electrons. The third-order valence-corrected chi connectivity index (χ3v) is 10.3. The van der Waals surface area contributed by atoms with Gasteiger partial charge in [0.25, 0.3) is 0 Å². The van der Waals surface area contributed by atoms with Gasteiger partial charge in [-0.1, -0.05) is 35.3 Å². The third-order valence-electron chi connectivity index (χ3n) is 8.20. The summed E-state index contributed by atoms with van der Waals surface area (Å²) >= 11 is 13.3. The molecule has 9 nitrogen and oxygen atoms in total. The summed E-state index contributed by atoms with van der Waals surface area (Å²) in [6, 6.07) is 12.2. The molecule has 1 aromatic heterocycles. The summed E-state index contributed by atoms with van der Waals surface area (Å²) in [5.74, 6) is 1.52. The summed E-state index contributed by atoms with van der Waals surface area (Å²) in [6.45, 7) is 9.38. The van der Waals surface area contributed by atoms with Gasteiger partial charge >= 0.3 is 0 Å². The minimum atomic E-state index is -2.52. The fourth-order valence-electron chi connectivity index (χ4n) is 6.05. The molecule has 12 heteroatoms. The van der Waals surface area contributed by atoms with Crippen molar-refractivity contribution in [1.82, 2.24) is 19.8 Å². The van der Waals surface area contributed by atoms with Crippen molar-refractivity contribution in [2.24, 2.45) is 0 Å². The summed E-state index contributed by atoms with van der Waals surface area (Å²) in [4.78, 5) is 16.4. The zero-order valence-corrected chi connectivity index (χ0v) is 26.0. The SMILES string of the molecule is CN1CCC(N2CCN3c4c(Cl)cc(Nc5ncc(Cl)c(Nc6ccccc6P(C)(C)=O)n5)cc4OC[C@@H]3C2)CC1. The summed E-state index contributed by atoms with van der Waals surface area (Å²) in [7, 11) is -0.310. The topological polar surface area (TPSA) is 85.9 Å². The highest BCUT2D eigenvalue weighted by Gasteiger charge is 2.37. The molecule has 2 saturated heterocycles. The van der Waals surface area contributed by atoms with Crippen LogP contribution in [0.5, 0.6) is 5.75 Å². The molecule has 6 rings (SSSR count). The Balaban J connectivity index is 1.18. The second kappa shape index (κ2) is 11.6. The van der Waals surface area contributed by atoms with Crippen LogP contribution in [0.1, 0.15) is 12.8 Å². The number of anilines is 5. The van der Waals surface area contributed by atoms with Gasteiger partial charge < -0.3 is 29.7 Å².